The summed E-state index contributed by atoms with van der Waals surface area (Å²) in [5, 5.41) is 0.216. The molecule has 190 valence electrons. The molecule has 2 aromatic carbocycles. The summed E-state index contributed by atoms with van der Waals surface area (Å²) in [6.45, 7) is 8.16. The summed E-state index contributed by atoms with van der Waals surface area (Å²) in [6.07, 6.45) is 1.03. The molecule has 10 heteroatoms. The van der Waals surface area contributed by atoms with Gasteiger partial charge in [-0.3, -0.25) is 14.6 Å². The number of rotatable bonds is 9. The lowest BCUT2D eigenvalue weighted by molar-refractivity contribution is -0.118. The lowest BCUT2D eigenvalue weighted by Gasteiger charge is -2.27. The van der Waals surface area contributed by atoms with Crippen molar-refractivity contribution in [1.82, 2.24) is 9.88 Å². The van der Waals surface area contributed by atoms with Crippen LogP contribution in [0.3, 0.4) is 0 Å². The van der Waals surface area contributed by atoms with Gasteiger partial charge >= 0.3 is 0 Å². The van der Waals surface area contributed by atoms with Crippen LogP contribution in [0, 0.1) is 0 Å². The number of hydrogen-bond acceptors (Lipinski definition) is 7. The number of morpholine rings is 1. The standard InChI is InChI=1S/C25H31N3O4S2.ClH/c1-19(2)34(30,31)21-10-8-20(9-11-21)18-24(29)28(13-5-12-27-14-16-32-17-15-27)25-26-22-6-3-4-7-23(22)33-25;/h3-4,6-11,19H,5,12-18H2,1-2H3;1H. The Bertz CT molecular complexity index is 1190. The van der Waals surface area contributed by atoms with Gasteiger partial charge in [0.05, 0.1) is 40.0 Å². The average Bonchev–Trinajstić information content (AvgIpc) is 3.26. The zero-order valence-electron chi connectivity index (χ0n) is 20.1. The Balaban J connectivity index is 0.00000342. The molecule has 0 bridgehead atoms. The number of aromatic nitrogens is 1. The minimum absolute atomic E-state index is 0. The molecule has 0 aliphatic carbocycles. The molecule has 0 unspecified atom stereocenters. The molecule has 1 aromatic heterocycles. The van der Waals surface area contributed by atoms with Gasteiger partial charge in [-0.25, -0.2) is 13.4 Å². The molecule has 1 saturated heterocycles. The van der Waals surface area contributed by atoms with Crippen LogP contribution in [0.1, 0.15) is 25.8 Å². The highest BCUT2D eigenvalue weighted by molar-refractivity contribution is 7.92. The molecular formula is C25H32ClN3O4S2. The normalized spacial score (nSPS) is 14.7. The Morgan fingerprint density at radius 2 is 1.80 bits per heavy atom. The number of amides is 1. The molecule has 1 aliphatic rings. The van der Waals surface area contributed by atoms with Crippen LogP contribution in [0.15, 0.2) is 53.4 Å². The Morgan fingerprint density at radius 3 is 2.46 bits per heavy atom. The SMILES string of the molecule is CC(C)S(=O)(=O)c1ccc(CC(=O)N(CCCN2CCOCC2)c2nc3ccccc3s2)cc1.Cl. The first-order valence-corrected chi connectivity index (χ1v) is 14.0. The van der Waals surface area contributed by atoms with Crippen molar-refractivity contribution in [2.24, 2.45) is 0 Å². The van der Waals surface area contributed by atoms with E-state index >= 15 is 0 Å². The van der Waals surface area contributed by atoms with Crippen molar-refractivity contribution in [2.75, 3.05) is 44.3 Å². The minimum Gasteiger partial charge on any atom is -0.379 e. The van der Waals surface area contributed by atoms with Crippen molar-refractivity contribution in [3.8, 4) is 0 Å². The zero-order valence-corrected chi connectivity index (χ0v) is 22.5. The third kappa shape index (κ3) is 6.80. The first-order valence-electron chi connectivity index (χ1n) is 11.6. The predicted molar refractivity (Wildman–Crippen MR) is 144 cm³/mol. The number of nitrogens with zero attached hydrogens (tertiary/aromatic N) is 3. The van der Waals surface area contributed by atoms with E-state index in [1.54, 1.807) is 43.0 Å². The number of halogens is 1. The van der Waals surface area contributed by atoms with Crippen molar-refractivity contribution in [1.29, 1.82) is 0 Å². The summed E-state index contributed by atoms with van der Waals surface area (Å²) in [5.74, 6) is -0.0412. The van der Waals surface area contributed by atoms with Crippen molar-refractivity contribution in [3.63, 3.8) is 0 Å². The maximum atomic E-state index is 13.4. The van der Waals surface area contributed by atoms with Crippen LogP contribution in [0.5, 0.6) is 0 Å². The van der Waals surface area contributed by atoms with E-state index in [4.69, 9.17) is 9.72 Å². The van der Waals surface area contributed by atoms with Crippen molar-refractivity contribution < 1.29 is 17.9 Å². The molecule has 4 rings (SSSR count). The van der Waals surface area contributed by atoms with E-state index in [0.717, 1.165) is 55.0 Å². The maximum absolute atomic E-state index is 13.4. The lowest BCUT2D eigenvalue weighted by Crippen LogP contribution is -2.39. The number of carbonyl (C=O) groups is 1. The first kappa shape index (κ1) is 27.5. The Hall–Kier alpha value is -2.04. The molecule has 1 aliphatic heterocycles. The highest BCUT2D eigenvalue weighted by Crippen LogP contribution is 2.29. The summed E-state index contributed by atoms with van der Waals surface area (Å²) < 4.78 is 31.3. The number of para-hydroxylation sites is 1. The van der Waals surface area contributed by atoms with Gasteiger partial charge in [-0.15, -0.1) is 12.4 Å². The lowest BCUT2D eigenvalue weighted by atomic mass is 10.1. The first-order chi connectivity index (χ1) is 16.3. The molecule has 35 heavy (non-hydrogen) atoms. The fourth-order valence-electron chi connectivity index (χ4n) is 3.92. The Kier molecular flexibility index (Phi) is 9.66. The van der Waals surface area contributed by atoms with Crippen LogP contribution in [0.25, 0.3) is 10.2 Å². The van der Waals surface area contributed by atoms with Gasteiger partial charge in [-0.05, 0) is 50.1 Å². The molecule has 7 nitrogen and oxygen atoms in total. The van der Waals surface area contributed by atoms with Gasteiger partial charge in [0, 0.05) is 26.2 Å². The highest BCUT2D eigenvalue weighted by atomic mass is 35.5. The molecule has 0 radical (unpaired) electrons. The third-order valence-corrected chi connectivity index (χ3v) is 9.23. The monoisotopic (exact) mass is 537 g/mol. The molecular weight excluding hydrogens is 506 g/mol. The topological polar surface area (TPSA) is 79.8 Å². The molecule has 0 saturated carbocycles. The smallest absolute Gasteiger partial charge is 0.233 e. The van der Waals surface area contributed by atoms with E-state index < -0.39 is 15.1 Å². The molecule has 3 aromatic rings. The number of ether oxygens (including phenoxy) is 1. The van der Waals surface area contributed by atoms with Crippen LogP contribution in [0.2, 0.25) is 0 Å². The van der Waals surface area contributed by atoms with Gasteiger partial charge < -0.3 is 4.74 Å². The minimum atomic E-state index is -3.34. The largest absolute Gasteiger partial charge is 0.379 e. The van der Waals surface area contributed by atoms with E-state index in [9.17, 15) is 13.2 Å². The fourth-order valence-corrected chi connectivity index (χ4v) is 5.99. The number of fused-ring (bicyclic) bond motifs is 1. The van der Waals surface area contributed by atoms with E-state index in [1.165, 1.54) is 11.3 Å². The van der Waals surface area contributed by atoms with Crippen LogP contribution in [0.4, 0.5) is 5.13 Å². The average molecular weight is 538 g/mol. The Morgan fingerprint density at radius 1 is 1.11 bits per heavy atom. The molecule has 0 atom stereocenters. The van der Waals surface area contributed by atoms with Crippen LogP contribution in [-0.4, -0.2) is 68.9 Å². The number of sulfone groups is 1. The van der Waals surface area contributed by atoms with E-state index in [0.29, 0.717) is 11.7 Å². The quantitative estimate of drug-likeness (QED) is 0.407. The van der Waals surface area contributed by atoms with E-state index in [-0.39, 0.29) is 29.6 Å². The maximum Gasteiger partial charge on any atom is 0.233 e. The molecule has 0 spiro atoms. The van der Waals surface area contributed by atoms with Crippen LogP contribution < -0.4 is 4.90 Å². The predicted octanol–water partition coefficient (Wildman–Crippen LogP) is 4.20. The number of anilines is 1. The molecule has 1 fully saturated rings. The van der Waals surface area contributed by atoms with Crippen LogP contribution >= 0.6 is 23.7 Å². The number of thiazole rings is 1. The highest BCUT2D eigenvalue weighted by Gasteiger charge is 2.22. The summed E-state index contributed by atoms with van der Waals surface area (Å²) >= 11 is 1.52. The summed E-state index contributed by atoms with van der Waals surface area (Å²) in [7, 11) is -3.34. The third-order valence-electron chi connectivity index (χ3n) is 6.00. The molecule has 1 amide bonds. The second-order valence-electron chi connectivity index (χ2n) is 8.73. The van der Waals surface area contributed by atoms with Gasteiger partial charge in [0.1, 0.15) is 0 Å². The molecule has 0 N–H and O–H groups in total. The fraction of sp³-hybridized carbons (Fsp3) is 0.440. The second-order valence-corrected chi connectivity index (χ2v) is 12.2. The van der Waals surface area contributed by atoms with Gasteiger partial charge in [0.2, 0.25) is 5.91 Å². The summed E-state index contributed by atoms with van der Waals surface area (Å²) in [5.41, 5.74) is 1.67. The van der Waals surface area contributed by atoms with Crippen molar-refractivity contribution in [3.05, 3.63) is 54.1 Å². The molecule has 2 heterocycles. The van der Waals surface area contributed by atoms with Gasteiger partial charge in [0.15, 0.2) is 15.0 Å². The number of carbonyl (C=O) groups excluding carboxylic acids is 1. The summed E-state index contributed by atoms with van der Waals surface area (Å²) in [6, 6.07) is 14.6. The number of benzene rings is 2. The van der Waals surface area contributed by atoms with Gasteiger partial charge in [0.25, 0.3) is 0 Å². The van der Waals surface area contributed by atoms with Gasteiger partial charge in [-0.2, -0.15) is 0 Å². The second kappa shape index (κ2) is 12.3. The van der Waals surface area contributed by atoms with E-state index in [2.05, 4.69) is 4.90 Å². The van der Waals surface area contributed by atoms with Crippen molar-refractivity contribution >= 4 is 54.8 Å². The Labute approximate surface area is 217 Å². The number of hydrogen-bond donors (Lipinski definition) is 0. The van der Waals surface area contributed by atoms with Crippen LogP contribution in [-0.2, 0) is 25.8 Å². The van der Waals surface area contributed by atoms with E-state index in [1.807, 2.05) is 24.3 Å². The van der Waals surface area contributed by atoms with Crippen molar-refractivity contribution in [2.45, 2.75) is 36.8 Å². The summed E-state index contributed by atoms with van der Waals surface area (Å²) in [4.78, 5) is 22.5. The zero-order chi connectivity index (χ0) is 24.1. The van der Waals surface area contributed by atoms with Gasteiger partial charge in [-0.1, -0.05) is 35.6 Å².